The van der Waals surface area contributed by atoms with Crippen LogP contribution in [0.3, 0.4) is 0 Å². The summed E-state index contributed by atoms with van der Waals surface area (Å²) in [5, 5.41) is 0. The zero-order valence-electron chi connectivity index (χ0n) is 18.7. The van der Waals surface area contributed by atoms with Gasteiger partial charge < -0.3 is 9.64 Å². The van der Waals surface area contributed by atoms with E-state index in [4.69, 9.17) is 4.74 Å². The summed E-state index contributed by atoms with van der Waals surface area (Å²) in [5.74, 6) is 1.14. The Bertz CT molecular complexity index is 862. The molecular formula is C26H35NO3. The molecular weight excluding hydrogens is 374 g/mol. The van der Waals surface area contributed by atoms with Gasteiger partial charge in [-0.2, -0.15) is 0 Å². The number of hydrogen-bond acceptors (Lipinski definition) is 4. The van der Waals surface area contributed by atoms with Crippen molar-refractivity contribution in [3.8, 4) is 0 Å². The minimum atomic E-state index is -0.286. The number of nitrogens with zero attached hydrogens (tertiary/aromatic N) is 1. The third-order valence-electron chi connectivity index (χ3n) is 9.29. The number of fused-ring (bicyclic) bond motifs is 5. The zero-order valence-corrected chi connectivity index (χ0v) is 18.7. The molecule has 4 nitrogen and oxygen atoms in total. The molecule has 4 heteroatoms. The van der Waals surface area contributed by atoms with Gasteiger partial charge in [-0.15, -0.1) is 0 Å². The summed E-state index contributed by atoms with van der Waals surface area (Å²) >= 11 is 0. The molecule has 3 fully saturated rings. The summed E-state index contributed by atoms with van der Waals surface area (Å²) in [6.45, 7) is 6.96. The molecule has 162 valence electrons. The predicted molar refractivity (Wildman–Crippen MR) is 116 cm³/mol. The molecule has 0 bridgehead atoms. The van der Waals surface area contributed by atoms with Gasteiger partial charge >= 0.3 is 5.97 Å². The van der Waals surface area contributed by atoms with E-state index < -0.39 is 0 Å². The van der Waals surface area contributed by atoms with Crippen molar-refractivity contribution in [3.05, 3.63) is 35.1 Å². The van der Waals surface area contributed by atoms with E-state index in [-0.39, 0.29) is 22.7 Å². The van der Waals surface area contributed by atoms with Gasteiger partial charge in [0.25, 0.3) is 0 Å². The smallest absolute Gasteiger partial charge is 0.330 e. The molecule has 5 unspecified atom stereocenters. The monoisotopic (exact) mass is 409 g/mol. The van der Waals surface area contributed by atoms with Crippen molar-refractivity contribution in [3.63, 3.8) is 0 Å². The highest BCUT2D eigenvalue weighted by atomic mass is 16.5. The van der Waals surface area contributed by atoms with Crippen molar-refractivity contribution < 1.29 is 14.3 Å². The number of likely N-dealkylation sites (tertiary alicyclic amines) is 1. The molecule has 0 spiro atoms. The highest BCUT2D eigenvalue weighted by Crippen LogP contribution is 2.64. The molecule has 0 aromatic rings. The van der Waals surface area contributed by atoms with Crippen LogP contribution in [0.1, 0.15) is 65.2 Å². The second kappa shape index (κ2) is 7.10. The number of esters is 1. The molecule has 4 aliphatic carbocycles. The molecule has 1 heterocycles. The quantitative estimate of drug-likeness (QED) is 0.485. The highest BCUT2D eigenvalue weighted by molar-refractivity contribution is 5.87. The summed E-state index contributed by atoms with van der Waals surface area (Å²) in [6.07, 6.45) is 14.9. The maximum absolute atomic E-state index is 13.7. The van der Waals surface area contributed by atoms with Gasteiger partial charge in [-0.05, 0) is 73.8 Å². The standard InChI is InChI=1S/C26H35NO3/c1-25-11-10-19(27-12-4-5-13-27)14-17(25)6-8-20-21-9-7-18(15-23(29)30-3)26(21,2)16-22(28)24(20)25/h6,14-15,20-21,24H,4-5,7-13,16H2,1-3H3. The summed E-state index contributed by atoms with van der Waals surface area (Å²) in [5.41, 5.74) is 3.83. The average molecular weight is 410 g/mol. The third kappa shape index (κ3) is 2.85. The number of ketones is 1. The van der Waals surface area contributed by atoms with Gasteiger partial charge in [0, 0.05) is 42.6 Å². The van der Waals surface area contributed by atoms with E-state index >= 15 is 0 Å². The lowest BCUT2D eigenvalue weighted by atomic mass is 9.48. The molecule has 0 radical (unpaired) electrons. The Morgan fingerprint density at radius 1 is 1.20 bits per heavy atom. The second-order valence-corrected chi connectivity index (χ2v) is 10.7. The number of ether oxygens (including phenoxy) is 1. The van der Waals surface area contributed by atoms with Crippen molar-refractivity contribution in [1.82, 2.24) is 4.90 Å². The lowest BCUT2D eigenvalue weighted by molar-refractivity contribution is -0.140. The Hall–Kier alpha value is -1.84. The van der Waals surface area contributed by atoms with Gasteiger partial charge in [0.1, 0.15) is 5.78 Å². The van der Waals surface area contributed by atoms with Crippen LogP contribution in [0.15, 0.2) is 35.1 Å². The second-order valence-electron chi connectivity index (χ2n) is 10.7. The lowest BCUT2D eigenvalue weighted by Crippen LogP contribution is -2.53. The number of allylic oxidation sites excluding steroid dienone is 5. The van der Waals surface area contributed by atoms with Crippen LogP contribution in [0.4, 0.5) is 0 Å². The first-order valence-electron chi connectivity index (χ1n) is 11.8. The molecule has 1 saturated heterocycles. The van der Waals surface area contributed by atoms with Crippen LogP contribution in [-0.4, -0.2) is 36.9 Å². The Labute approximate surface area is 180 Å². The van der Waals surface area contributed by atoms with Crippen LogP contribution in [0.2, 0.25) is 0 Å². The number of carbonyl (C=O) groups is 2. The van der Waals surface area contributed by atoms with E-state index in [0.29, 0.717) is 24.0 Å². The highest BCUT2D eigenvalue weighted by Gasteiger charge is 2.60. The van der Waals surface area contributed by atoms with Crippen molar-refractivity contribution in [1.29, 1.82) is 0 Å². The van der Waals surface area contributed by atoms with E-state index in [2.05, 4.69) is 30.9 Å². The van der Waals surface area contributed by atoms with E-state index in [1.54, 1.807) is 6.08 Å². The summed E-state index contributed by atoms with van der Waals surface area (Å²) in [6, 6.07) is 0. The first kappa shape index (κ1) is 20.1. The van der Waals surface area contributed by atoms with Crippen LogP contribution in [0.25, 0.3) is 0 Å². The topological polar surface area (TPSA) is 46.6 Å². The van der Waals surface area contributed by atoms with Gasteiger partial charge in [0.15, 0.2) is 0 Å². The molecule has 0 aromatic heterocycles. The number of methoxy groups -OCH3 is 1. The largest absolute Gasteiger partial charge is 0.466 e. The van der Waals surface area contributed by atoms with Crippen molar-refractivity contribution in [2.45, 2.75) is 65.2 Å². The molecule has 0 amide bonds. The van der Waals surface area contributed by atoms with Crippen LogP contribution in [0, 0.1) is 28.6 Å². The van der Waals surface area contributed by atoms with Gasteiger partial charge in [-0.3, -0.25) is 4.79 Å². The molecule has 2 saturated carbocycles. The number of rotatable bonds is 2. The molecule has 5 atom stereocenters. The van der Waals surface area contributed by atoms with Gasteiger partial charge in [-0.25, -0.2) is 4.79 Å². The first-order chi connectivity index (χ1) is 14.4. The molecule has 30 heavy (non-hydrogen) atoms. The predicted octanol–water partition coefficient (Wildman–Crippen LogP) is 4.82. The van der Waals surface area contributed by atoms with Gasteiger partial charge in [0.2, 0.25) is 0 Å². The van der Waals surface area contributed by atoms with Crippen LogP contribution >= 0.6 is 0 Å². The summed E-state index contributed by atoms with van der Waals surface area (Å²) in [4.78, 5) is 28.2. The zero-order chi connectivity index (χ0) is 21.1. The molecule has 0 N–H and O–H groups in total. The fraction of sp³-hybridized carbons (Fsp3) is 0.692. The van der Waals surface area contributed by atoms with Gasteiger partial charge in [0.05, 0.1) is 7.11 Å². The minimum Gasteiger partial charge on any atom is -0.466 e. The van der Waals surface area contributed by atoms with E-state index in [9.17, 15) is 9.59 Å². The maximum Gasteiger partial charge on any atom is 0.330 e. The summed E-state index contributed by atoms with van der Waals surface area (Å²) < 4.78 is 4.89. The molecule has 5 aliphatic rings. The first-order valence-corrected chi connectivity index (χ1v) is 11.8. The average Bonchev–Trinajstić information content (AvgIpc) is 3.35. The fourth-order valence-corrected chi connectivity index (χ4v) is 7.69. The fourth-order valence-electron chi connectivity index (χ4n) is 7.69. The van der Waals surface area contributed by atoms with Crippen molar-refractivity contribution >= 4 is 11.8 Å². The van der Waals surface area contributed by atoms with Crippen LogP contribution in [-0.2, 0) is 14.3 Å². The minimum absolute atomic E-state index is 0.0284. The SMILES string of the molecule is COC(=O)C=C1CCC2C3CC=C4C=C(N5CCCC5)CCC4(C)C3C(=O)CC12C. The third-order valence-corrected chi connectivity index (χ3v) is 9.29. The van der Waals surface area contributed by atoms with E-state index in [1.807, 2.05) is 0 Å². The van der Waals surface area contributed by atoms with Gasteiger partial charge in [-0.1, -0.05) is 25.5 Å². The van der Waals surface area contributed by atoms with E-state index in [0.717, 1.165) is 37.7 Å². The maximum atomic E-state index is 13.7. The normalized spacial score (nSPS) is 41.7. The van der Waals surface area contributed by atoms with Crippen LogP contribution in [0.5, 0.6) is 0 Å². The number of Topliss-reactive ketones (excluding diaryl/α,β-unsaturated/α-hetero) is 1. The Morgan fingerprint density at radius 3 is 2.70 bits per heavy atom. The number of carbonyl (C=O) groups excluding carboxylic acids is 2. The van der Waals surface area contributed by atoms with Crippen molar-refractivity contribution in [2.75, 3.05) is 20.2 Å². The molecule has 0 aromatic carbocycles. The Kier molecular flexibility index (Phi) is 4.75. The Balaban J connectivity index is 1.48. The Morgan fingerprint density at radius 2 is 1.97 bits per heavy atom. The molecule has 5 rings (SSSR count). The summed E-state index contributed by atoms with van der Waals surface area (Å²) in [7, 11) is 1.43. The van der Waals surface area contributed by atoms with Crippen molar-refractivity contribution in [2.24, 2.45) is 28.6 Å². The molecule has 1 aliphatic heterocycles. The van der Waals surface area contributed by atoms with Crippen LogP contribution < -0.4 is 0 Å². The number of hydrogen-bond donors (Lipinski definition) is 0. The van der Waals surface area contributed by atoms with E-state index in [1.165, 1.54) is 44.3 Å². The lowest BCUT2D eigenvalue weighted by Gasteiger charge is -2.55.